The third-order valence-electron chi connectivity index (χ3n) is 1.24. The topological polar surface area (TPSA) is 63.3 Å². The van der Waals surface area contributed by atoms with E-state index < -0.39 is 5.97 Å². The molecule has 0 heterocycles. The number of rotatable bonds is 2. The molecular formula is C9H7NO2Y-2. The summed E-state index contributed by atoms with van der Waals surface area (Å²) in [6.07, 6.45) is 2.04. The van der Waals surface area contributed by atoms with Gasteiger partial charge in [-0.1, -0.05) is 0 Å². The quantitative estimate of drug-likeness (QED) is 0.599. The first kappa shape index (κ1) is 12.3. The van der Waals surface area contributed by atoms with Crippen LogP contribution < -0.4 is 5.73 Å². The van der Waals surface area contributed by atoms with Crippen LogP contribution in [0.3, 0.4) is 0 Å². The van der Waals surface area contributed by atoms with Crippen LogP contribution in [-0.2, 0) is 37.5 Å². The fourth-order valence-electron chi connectivity index (χ4n) is 0.743. The maximum atomic E-state index is 10.2. The Labute approximate surface area is 102 Å². The first-order valence-corrected chi connectivity index (χ1v) is 3.29. The van der Waals surface area contributed by atoms with E-state index in [1.54, 1.807) is 24.3 Å². The van der Waals surface area contributed by atoms with Gasteiger partial charge in [0.2, 0.25) is 5.97 Å². The molecule has 1 aromatic carbocycles. The predicted octanol–water partition coefficient (Wildman–Crippen LogP) is 0.672. The minimum atomic E-state index is -1.18. The summed E-state index contributed by atoms with van der Waals surface area (Å²) in [6.45, 7) is 0. The fourth-order valence-corrected chi connectivity index (χ4v) is 0.743. The van der Waals surface area contributed by atoms with Crippen LogP contribution in [0.2, 0.25) is 0 Å². The van der Waals surface area contributed by atoms with Gasteiger partial charge in [-0.2, -0.15) is 18.2 Å². The molecule has 1 aromatic rings. The number of carbonyl (C=O) groups is 1. The second-order valence-electron chi connectivity index (χ2n) is 2.12. The summed E-state index contributed by atoms with van der Waals surface area (Å²) in [6, 6.07) is 9.64. The number of hydrogen-bond acceptors (Lipinski definition) is 2. The molecule has 0 aromatic heterocycles. The molecule has 65 valence electrons. The third kappa shape index (κ3) is 4.20. The van der Waals surface area contributed by atoms with E-state index in [4.69, 9.17) is 10.8 Å². The predicted molar refractivity (Wildman–Crippen MR) is 43.8 cm³/mol. The number of benzene rings is 1. The van der Waals surface area contributed by atoms with Crippen LogP contribution in [0.25, 0.3) is 5.70 Å². The summed E-state index contributed by atoms with van der Waals surface area (Å²) >= 11 is 0. The van der Waals surface area contributed by atoms with E-state index in [1.807, 2.05) is 6.08 Å². The summed E-state index contributed by atoms with van der Waals surface area (Å²) in [5.41, 5.74) is 6.02. The number of nitrogens with two attached hydrogens (primary N) is 1. The van der Waals surface area contributed by atoms with Crippen molar-refractivity contribution in [3.8, 4) is 0 Å². The van der Waals surface area contributed by atoms with Gasteiger partial charge in [0.15, 0.2) is 0 Å². The Hall–Kier alpha value is -0.666. The SMILES string of the molecule is NC(=[C-]C(=O)O)c1[c-]cccc1.[Y]. The number of hydrogen-bond donors (Lipinski definition) is 2. The van der Waals surface area contributed by atoms with E-state index in [-0.39, 0.29) is 38.4 Å². The van der Waals surface area contributed by atoms with Crippen LogP contribution in [0.1, 0.15) is 5.56 Å². The second kappa shape index (κ2) is 5.89. The smallest absolute Gasteiger partial charge is 0.227 e. The molecule has 4 heteroatoms. The fraction of sp³-hybridized carbons (Fsp3) is 0. The zero-order valence-electron chi connectivity index (χ0n) is 6.82. The van der Waals surface area contributed by atoms with Crippen molar-refractivity contribution in [3.63, 3.8) is 0 Å². The molecular weight excluding hydrogens is 243 g/mol. The van der Waals surface area contributed by atoms with Crippen molar-refractivity contribution in [2.24, 2.45) is 5.73 Å². The molecule has 0 atom stereocenters. The van der Waals surface area contributed by atoms with Crippen LogP contribution in [0, 0.1) is 12.1 Å². The van der Waals surface area contributed by atoms with Crippen molar-refractivity contribution in [2.45, 2.75) is 0 Å². The third-order valence-corrected chi connectivity index (χ3v) is 1.24. The first-order valence-electron chi connectivity index (χ1n) is 3.29. The summed E-state index contributed by atoms with van der Waals surface area (Å²) in [5, 5.41) is 8.32. The average molecular weight is 250 g/mol. The Morgan fingerprint density at radius 3 is 2.69 bits per heavy atom. The molecule has 1 rings (SSSR count). The Balaban J connectivity index is 0.00000144. The standard InChI is InChI=1S/C9H7NO2.Y/c10-8(6-9(11)12)7-4-2-1-3-5-7;/h1-4H,10H2,(H,11,12);/q-2;. The van der Waals surface area contributed by atoms with Crippen LogP contribution >= 0.6 is 0 Å². The van der Waals surface area contributed by atoms with Crippen LogP contribution in [0.5, 0.6) is 0 Å². The Morgan fingerprint density at radius 2 is 2.23 bits per heavy atom. The number of carboxylic acids is 1. The van der Waals surface area contributed by atoms with E-state index in [0.29, 0.717) is 5.56 Å². The Bertz CT molecular complexity index is 309. The van der Waals surface area contributed by atoms with E-state index in [9.17, 15) is 4.79 Å². The van der Waals surface area contributed by atoms with Crippen molar-refractivity contribution in [1.82, 2.24) is 0 Å². The van der Waals surface area contributed by atoms with Crippen molar-refractivity contribution in [3.05, 3.63) is 42.0 Å². The maximum Gasteiger partial charge on any atom is 0.227 e. The van der Waals surface area contributed by atoms with Crippen molar-refractivity contribution >= 4 is 11.7 Å². The molecule has 0 saturated heterocycles. The van der Waals surface area contributed by atoms with Gasteiger partial charge in [-0.05, 0) is 0 Å². The van der Waals surface area contributed by atoms with Crippen molar-refractivity contribution in [2.75, 3.05) is 0 Å². The van der Waals surface area contributed by atoms with Gasteiger partial charge in [0.05, 0.1) is 0 Å². The molecule has 0 spiro atoms. The molecule has 0 fully saturated rings. The number of aliphatic carboxylic acids is 1. The maximum absolute atomic E-state index is 10.2. The normalized spacial score (nSPS) is 10.3. The van der Waals surface area contributed by atoms with Gasteiger partial charge in [-0.25, -0.2) is 17.8 Å². The molecule has 0 amide bonds. The first-order chi connectivity index (χ1) is 5.70. The average Bonchev–Trinajstić information content (AvgIpc) is 2.05. The summed E-state index contributed by atoms with van der Waals surface area (Å²) in [4.78, 5) is 10.2. The molecule has 3 nitrogen and oxygen atoms in total. The van der Waals surface area contributed by atoms with Crippen molar-refractivity contribution in [1.29, 1.82) is 0 Å². The van der Waals surface area contributed by atoms with Gasteiger partial charge in [0.1, 0.15) is 0 Å². The van der Waals surface area contributed by atoms with E-state index in [2.05, 4.69) is 6.07 Å². The molecule has 3 N–H and O–H groups in total. The van der Waals surface area contributed by atoms with Crippen molar-refractivity contribution < 1.29 is 42.6 Å². The summed E-state index contributed by atoms with van der Waals surface area (Å²) in [5.74, 6) is -1.18. The Morgan fingerprint density at radius 1 is 1.54 bits per heavy atom. The van der Waals surface area contributed by atoms with E-state index in [0.717, 1.165) is 0 Å². The molecule has 0 aliphatic heterocycles. The van der Waals surface area contributed by atoms with Gasteiger partial charge in [-0.15, -0.1) is 6.07 Å². The minimum absolute atomic E-state index is 0. The Kier molecular flexibility index (Phi) is 5.59. The molecule has 0 aliphatic rings. The second-order valence-corrected chi connectivity index (χ2v) is 2.12. The summed E-state index contributed by atoms with van der Waals surface area (Å²) in [7, 11) is 0. The van der Waals surface area contributed by atoms with Crippen LogP contribution in [0.4, 0.5) is 0 Å². The summed E-state index contributed by atoms with van der Waals surface area (Å²) < 4.78 is 0. The minimum Gasteiger partial charge on any atom is -0.493 e. The largest absolute Gasteiger partial charge is 0.493 e. The van der Waals surface area contributed by atoms with E-state index in [1.165, 1.54) is 0 Å². The molecule has 1 radical (unpaired) electrons. The molecule has 0 saturated carbocycles. The molecule has 0 bridgehead atoms. The number of carboxylic acid groups (broad SMARTS) is 1. The monoisotopic (exact) mass is 250 g/mol. The van der Waals surface area contributed by atoms with Gasteiger partial charge < -0.3 is 10.8 Å². The zero-order chi connectivity index (χ0) is 8.97. The molecule has 13 heavy (non-hydrogen) atoms. The van der Waals surface area contributed by atoms with E-state index >= 15 is 0 Å². The van der Waals surface area contributed by atoms with Gasteiger partial charge in [-0.3, -0.25) is 10.4 Å². The molecule has 0 unspecified atom stereocenters. The molecule has 0 aliphatic carbocycles. The van der Waals surface area contributed by atoms with Gasteiger partial charge in [0, 0.05) is 32.7 Å². The van der Waals surface area contributed by atoms with Crippen LogP contribution in [-0.4, -0.2) is 11.1 Å². The zero-order valence-corrected chi connectivity index (χ0v) is 9.66. The van der Waals surface area contributed by atoms with Crippen LogP contribution in [0.15, 0.2) is 24.3 Å². The van der Waals surface area contributed by atoms with Gasteiger partial charge in [0.25, 0.3) is 0 Å². The van der Waals surface area contributed by atoms with Gasteiger partial charge >= 0.3 is 0 Å².